The second-order valence-corrected chi connectivity index (χ2v) is 7.67. The van der Waals surface area contributed by atoms with Gasteiger partial charge in [-0.15, -0.1) is 21.5 Å². The van der Waals surface area contributed by atoms with E-state index in [0.29, 0.717) is 16.1 Å². The van der Waals surface area contributed by atoms with Gasteiger partial charge in [0.25, 0.3) is 0 Å². The first kappa shape index (κ1) is 19.4. The van der Waals surface area contributed by atoms with E-state index in [1.54, 1.807) is 6.20 Å². The lowest BCUT2D eigenvalue weighted by atomic mass is 10.2. The Bertz CT molecular complexity index is 878. The van der Waals surface area contributed by atoms with Crippen LogP contribution in [0, 0.1) is 0 Å². The molecule has 0 aliphatic heterocycles. The van der Waals surface area contributed by atoms with Crippen LogP contribution in [0.15, 0.2) is 41.0 Å². The molecule has 1 unspecified atom stereocenters. The van der Waals surface area contributed by atoms with Crippen molar-refractivity contribution in [3.05, 3.63) is 47.2 Å². The van der Waals surface area contributed by atoms with Crippen LogP contribution in [0.2, 0.25) is 0 Å². The number of aryl methyl sites for hydroxylation is 1. The maximum Gasteiger partial charge on any atom is 0.236 e. The van der Waals surface area contributed by atoms with Crippen LogP contribution >= 0.6 is 23.1 Å². The number of carbonyl (C=O) groups excluding carboxylic acids is 1. The molecule has 1 aromatic carbocycles. The van der Waals surface area contributed by atoms with Gasteiger partial charge in [-0.1, -0.05) is 30.8 Å². The van der Waals surface area contributed by atoms with E-state index in [0.717, 1.165) is 12.2 Å². The fourth-order valence-corrected chi connectivity index (χ4v) is 3.70. The summed E-state index contributed by atoms with van der Waals surface area (Å²) in [7, 11) is 1.87. The van der Waals surface area contributed by atoms with Gasteiger partial charge in [-0.25, -0.2) is 4.98 Å². The number of rotatable bonds is 8. The smallest absolute Gasteiger partial charge is 0.236 e. The first-order chi connectivity index (χ1) is 13.1. The van der Waals surface area contributed by atoms with Crippen LogP contribution in [0.4, 0.5) is 5.13 Å². The van der Waals surface area contributed by atoms with Gasteiger partial charge >= 0.3 is 0 Å². The van der Waals surface area contributed by atoms with Gasteiger partial charge in [0.1, 0.15) is 5.75 Å². The summed E-state index contributed by atoms with van der Waals surface area (Å²) in [6.07, 6.45) is 2.39. The van der Waals surface area contributed by atoms with Crippen molar-refractivity contribution in [2.24, 2.45) is 7.05 Å². The summed E-state index contributed by atoms with van der Waals surface area (Å²) in [5.41, 5.74) is 1.27. The molecule has 3 aromatic rings. The lowest BCUT2D eigenvalue weighted by Gasteiger charge is -2.14. The number of hydrogen-bond acceptors (Lipinski definition) is 7. The van der Waals surface area contributed by atoms with Crippen LogP contribution in [0.3, 0.4) is 0 Å². The molecule has 27 heavy (non-hydrogen) atoms. The van der Waals surface area contributed by atoms with Crippen molar-refractivity contribution in [1.82, 2.24) is 19.7 Å². The maximum atomic E-state index is 12.0. The molecule has 2 heterocycles. The molecular weight excluding hydrogens is 382 g/mol. The van der Waals surface area contributed by atoms with Crippen LogP contribution in [0.1, 0.15) is 31.3 Å². The fourth-order valence-electron chi connectivity index (χ4n) is 2.44. The number of benzene rings is 1. The van der Waals surface area contributed by atoms with Gasteiger partial charge in [0.15, 0.2) is 22.2 Å². The molecule has 1 atom stereocenters. The largest absolute Gasteiger partial charge is 0.483 e. The average molecular weight is 404 g/mol. The van der Waals surface area contributed by atoms with E-state index in [-0.39, 0.29) is 17.8 Å². The number of amides is 1. The predicted octanol–water partition coefficient (Wildman–Crippen LogP) is 3.70. The Morgan fingerprint density at radius 1 is 1.33 bits per heavy atom. The minimum absolute atomic E-state index is 0.125. The van der Waals surface area contributed by atoms with Gasteiger partial charge in [0, 0.05) is 18.6 Å². The molecule has 0 radical (unpaired) electrons. The topological polar surface area (TPSA) is 81.9 Å². The van der Waals surface area contributed by atoms with E-state index in [1.165, 1.54) is 28.7 Å². The summed E-state index contributed by atoms with van der Waals surface area (Å²) in [5, 5.41) is 14.2. The third-order valence-electron chi connectivity index (χ3n) is 3.89. The monoisotopic (exact) mass is 403 g/mol. The highest BCUT2D eigenvalue weighted by molar-refractivity contribution is 7.99. The summed E-state index contributed by atoms with van der Waals surface area (Å²) >= 11 is 2.71. The van der Waals surface area contributed by atoms with Crippen molar-refractivity contribution in [1.29, 1.82) is 0 Å². The number of nitrogens with zero attached hydrogens (tertiary/aromatic N) is 4. The van der Waals surface area contributed by atoms with Gasteiger partial charge < -0.3 is 14.6 Å². The van der Waals surface area contributed by atoms with E-state index < -0.39 is 0 Å². The zero-order valence-electron chi connectivity index (χ0n) is 15.4. The molecule has 0 spiro atoms. The third kappa shape index (κ3) is 5.08. The lowest BCUT2D eigenvalue weighted by Crippen LogP contribution is -2.14. The quantitative estimate of drug-likeness (QED) is 0.578. The molecule has 0 saturated heterocycles. The van der Waals surface area contributed by atoms with Crippen LogP contribution in [0.25, 0.3) is 0 Å². The molecule has 0 saturated carbocycles. The maximum absolute atomic E-state index is 12.0. The first-order valence-electron chi connectivity index (χ1n) is 8.53. The molecule has 3 rings (SSSR count). The van der Waals surface area contributed by atoms with Crippen molar-refractivity contribution < 1.29 is 9.53 Å². The fraction of sp³-hybridized carbons (Fsp3) is 0.333. The number of hydrogen-bond donors (Lipinski definition) is 1. The van der Waals surface area contributed by atoms with Crippen LogP contribution in [0.5, 0.6) is 5.75 Å². The third-order valence-corrected chi connectivity index (χ3v) is 5.60. The normalized spacial score (nSPS) is 12.0. The lowest BCUT2D eigenvalue weighted by molar-refractivity contribution is -0.113. The molecule has 1 N–H and O–H groups in total. The molecule has 9 heteroatoms. The first-order valence-corrected chi connectivity index (χ1v) is 10.4. The molecule has 142 valence electrons. The number of nitrogens with one attached hydrogen (secondary N) is 1. The second-order valence-electron chi connectivity index (χ2n) is 5.83. The highest BCUT2D eigenvalue weighted by atomic mass is 32.2. The minimum atomic E-state index is -0.256. The van der Waals surface area contributed by atoms with Crippen molar-refractivity contribution >= 4 is 34.1 Å². The Hall–Kier alpha value is -2.39. The van der Waals surface area contributed by atoms with Gasteiger partial charge in [-0.2, -0.15) is 0 Å². The number of aromatic nitrogens is 4. The zero-order valence-corrected chi connectivity index (χ0v) is 17.0. The molecule has 1 amide bonds. The van der Waals surface area contributed by atoms with E-state index >= 15 is 0 Å². The number of carbonyl (C=O) groups is 1. The predicted molar refractivity (Wildman–Crippen MR) is 107 cm³/mol. The minimum Gasteiger partial charge on any atom is -0.483 e. The van der Waals surface area contributed by atoms with Crippen LogP contribution < -0.4 is 10.1 Å². The van der Waals surface area contributed by atoms with Crippen LogP contribution in [-0.4, -0.2) is 31.4 Å². The molecule has 0 aliphatic carbocycles. The van der Waals surface area contributed by atoms with Crippen LogP contribution in [-0.2, 0) is 18.3 Å². The van der Waals surface area contributed by atoms with E-state index in [1.807, 2.05) is 36.1 Å². The summed E-state index contributed by atoms with van der Waals surface area (Å²) < 4.78 is 7.82. The van der Waals surface area contributed by atoms with Crippen molar-refractivity contribution in [3.8, 4) is 5.75 Å². The van der Waals surface area contributed by atoms with Crippen molar-refractivity contribution in [2.45, 2.75) is 31.5 Å². The van der Waals surface area contributed by atoms with Gasteiger partial charge in [-0.3, -0.25) is 4.79 Å². The Morgan fingerprint density at radius 3 is 2.78 bits per heavy atom. The molecule has 0 fully saturated rings. The molecular formula is C18H21N5O2S2. The van der Waals surface area contributed by atoms with E-state index in [2.05, 4.69) is 39.6 Å². The number of thiazole rings is 1. The Balaban J connectivity index is 1.57. The molecule has 2 aromatic heterocycles. The highest BCUT2D eigenvalue weighted by Crippen LogP contribution is 2.24. The number of ether oxygens (including phenoxy) is 1. The van der Waals surface area contributed by atoms with E-state index in [9.17, 15) is 4.79 Å². The van der Waals surface area contributed by atoms with Gasteiger partial charge in [0.05, 0.1) is 5.75 Å². The molecule has 0 bridgehead atoms. The molecule has 0 aliphatic rings. The SMILES string of the molecule is CCc1ccc(OC(C)c2nnc(SCC(=O)Nc3nccs3)n2C)cc1. The van der Waals surface area contributed by atoms with Crippen molar-refractivity contribution in [2.75, 3.05) is 11.1 Å². The summed E-state index contributed by atoms with van der Waals surface area (Å²) in [6, 6.07) is 8.04. The summed E-state index contributed by atoms with van der Waals surface area (Å²) in [4.78, 5) is 16.0. The highest BCUT2D eigenvalue weighted by Gasteiger charge is 2.18. The Kier molecular flexibility index (Phi) is 6.46. The van der Waals surface area contributed by atoms with Gasteiger partial charge in [0.2, 0.25) is 5.91 Å². The second kappa shape index (κ2) is 9.01. The Labute approximate surface area is 166 Å². The number of anilines is 1. The molecule has 7 nitrogen and oxygen atoms in total. The van der Waals surface area contributed by atoms with E-state index in [4.69, 9.17) is 4.74 Å². The summed E-state index contributed by atoms with van der Waals surface area (Å²) in [6.45, 7) is 4.05. The Morgan fingerprint density at radius 2 is 2.11 bits per heavy atom. The van der Waals surface area contributed by atoms with Crippen molar-refractivity contribution in [3.63, 3.8) is 0 Å². The number of thioether (sulfide) groups is 1. The van der Waals surface area contributed by atoms with Gasteiger partial charge in [-0.05, 0) is 31.0 Å². The summed E-state index contributed by atoms with van der Waals surface area (Å²) in [5.74, 6) is 1.61. The standard InChI is InChI=1S/C18H21N5O2S2/c1-4-13-5-7-14(8-6-13)25-12(2)16-21-22-18(23(16)3)27-11-15(24)20-17-19-9-10-26-17/h5-10,12H,4,11H2,1-3H3,(H,19,20,24). The average Bonchev–Trinajstić information content (AvgIpc) is 3.30. The zero-order chi connectivity index (χ0) is 19.2.